The van der Waals surface area contributed by atoms with Crippen molar-refractivity contribution < 1.29 is 0 Å². The van der Waals surface area contributed by atoms with Gasteiger partial charge in [0.25, 0.3) is 0 Å². The molecule has 4 heterocycles. The van der Waals surface area contributed by atoms with Crippen molar-refractivity contribution in [1.82, 2.24) is 28.5 Å². The van der Waals surface area contributed by atoms with Crippen molar-refractivity contribution in [2.24, 2.45) is 0 Å². The monoisotopic (exact) mass is 792 g/mol. The first-order chi connectivity index (χ1) is 30.8. The molecule has 0 saturated heterocycles. The topological polar surface area (TPSA) is 45.5 Å². The molecular weight excluding hydrogens is 757 g/mol. The number of aromatic nitrogens is 6. The van der Waals surface area contributed by atoms with Crippen molar-refractivity contribution in [3.8, 4) is 45.5 Å². The molecule has 0 spiro atoms. The molecule has 9 aromatic carbocycles. The van der Waals surface area contributed by atoms with Crippen molar-refractivity contribution in [3.63, 3.8) is 0 Å². The van der Waals surface area contributed by atoms with Gasteiger partial charge in [0.05, 0.1) is 38.8 Å². The SMILES string of the molecule is c1ccc(-c2nnc(-c3ccccc3)n2-c2cccc3c2c2ccccc2n3-c2cccc(-n3c4ccccc4c4c3ccc3c5ccccc5n(-c5ccccc5)c34)c2)cc1. The lowest BCUT2D eigenvalue weighted by molar-refractivity contribution is 1.08. The minimum Gasteiger partial charge on any atom is -0.309 e. The zero-order chi connectivity index (χ0) is 40.7. The van der Waals surface area contributed by atoms with E-state index in [1.807, 2.05) is 12.1 Å². The minimum absolute atomic E-state index is 0.794. The number of hydrogen-bond acceptors (Lipinski definition) is 2. The summed E-state index contributed by atoms with van der Waals surface area (Å²) < 4.78 is 9.52. The molecule has 13 aromatic rings. The molecule has 0 N–H and O–H groups in total. The van der Waals surface area contributed by atoms with E-state index in [4.69, 9.17) is 10.2 Å². The van der Waals surface area contributed by atoms with Gasteiger partial charge in [-0.1, -0.05) is 152 Å². The average molecular weight is 793 g/mol. The van der Waals surface area contributed by atoms with Gasteiger partial charge < -0.3 is 13.7 Å². The lowest BCUT2D eigenvalue weighted by Gasteiger charge is -2.14. The second-order valence-electron chi connectivity index (χ2n) is 15.9. The van der Waals surface area contributed by atoms with Crippen molar-refractivity contribution in [2.45, 2.75) is 0 Å². The van der Waals surface area contributed by atoms with Crippen LogP contribution in [-0.4, -0.2) is 28.5 Å². The molecule has 0 unspecified atom stereocenters. The summed E-state index contributed by atoms with van der Waals surface area (Å²) in [6.07, 6.45) is 0. The smallest absolute Gasteiger partial charge is 0.168 e. The Morgan fingerprint density at radius 2 is 0.726 bits per heavy atom. The largest absolute Gasteiger partial charge is 0.309 e. The summed E-state index contributed by atoms with van der Waals surface area (Å²) in [5.74, 6) is 1.59. The molecular formula is C56H36N6. The maximum Gasteiger partial charge on any atom is 0.168 e. The van der Waals surface area contributed by atoms with E-state index in [2.05, 4.69) is 225 Å². The normalized spacial score (nSPS) is 11.9. The van der Waals surface area contributed by atoms with E-state index in [0.717, 1.165) is 78.4 Å². The molecule has 62 heavy (non-hydrogen) atoms. The zero-order valence-electron chi connectivity index (χ0n) is 33.5. The Morgan fingerprint density at radius 3 is 1.34 bits per heavy atom. The van der Waals surface area contributed by atoms with Gasteiger partial charge in [-0.3, -0.25) is 4.57 Å². The minimum atomic E-state index is 0.794. The molecule has 4 aromatic heterocycles. The van der Waals surface area contributed by atoms with Gasteiger partial charge >= 0.3 is 0 Å². The van der Waals surface area contributed by atoms with Crippen LogP contribution in [0.1, 0.15) is 0 Å². The quantitative estimate of drug-likeness (QED) is 0.168. The van der Waals surface area contributed by atoms with Crippen LogP contribution in [0.25, 0.3) is 111 Å². The number of rotatable bonds is 6. The van der Waals surface area contributed by atoms with Crippen molar-refractivity contribution in [1.29, 1.82) is 0 Å². The van der Waals surface area contributed by atoms with Gasteiger partial charge in [0.1, 0.15) is 0 Å². The van der Waals surface area contributed by atoms with Crippen LogP contribution in [0.3, 0.4) is 0 Å². The van der Waals surface area contributed by atoms with Gasteiger partial charge in [-0.2, -0.15) is 0 Å². The lowest BCUT2D eigenvalue weighted by Crippen LogP contribution is -2.02. The fraction of sp³-hybridized carbons (Fsp3) is 0. The van der Waals surface area contributed by atoms with Crippen LogP contribution in [0.5, 0.6) is 0 Å². The first-order valence-electron chi connectivity index (χ1n) is 21.0. The fourth-order valence-corrected chi connectivity index (χ4v) is 9.93. The maximum absolute atomic E-state index is 4.84. The number of para-hydroxylation sites is 4. The molecule has 0 atom stereocenters. The summed E-state index contributed by atoms with van der Waals surface area (Å²) in [6.45, 7) is 0. The lowest BCUT2D eigenvalue weighted by atomic mass is 10.1. The van der Waals surface area contributed by atoms with Crippen LogP contribution >= 0.6 is 0 Å². The second kappa shape index (κ2) is 13.5. The Bertz CT molecular complexity index is 3790. The van der Waals surface area contributed by atoms with E-state index in [9.17, 15) is 0 Å². The molecule has 0 aliphatic heterocycles. The van der Waals surface area contributed by atoms with Gasteiger partial charge in [-0.25, -0.2) is 0 Å². The van der Waals surface area contributed by atoms with Gasteiger partial charge in [-0.05, 0) is 66.7 Å². The predicted molar refractivity (Wildman–Crippen MR) is 255 cm³/mol. The molecule has 0 amide bonds. The predicted octanol–water partition coefficient (Wildman–Crippen LogP) is 13.9. The van der Waals surface area contributed by atoms with Crippen molar-refractivity contribution in [2.75, 3.05) is 0 Å². The molecule has 6 nitrogen and oxygen atoms in total. The van der Waals surface area contributed by atoms with E-state index in [1.54, 1.807) is 0 Å². The molecule has 0 aliphatic carbocycles. The number of fused-ring (bicyclic) bond motifs is 10. The van der Waals surface area contributed by atoms with Gasteiger partial charge in [-0.15, -0.1) is 10.2 Å². The molecule has 13 rings (SSSR count). The summed E-state index contributed by atoms with van der Waals surface area (Å²) in [5.41, 5.74) is 13.3. The Hall–Kier alpha value is -8.48. The van der Waals surface area contributed by atoms with Crippen LogP contribution in [0.2, 0.25) is 0 Å². The van der Waals surface area contributed by atoms with E-state index >= 15 is 0 Å². The highest BCUT2D eigenvalue weighted by Gasteiger charge is 2.24. The Morgan fingerprint density at radius 1 is 0.274 bits per heavy atom. The molecule has 0 bridgehead atoms. The maximum atomic E-state index is 4.84. The fourth-order valence-electron chi connectivity index (χ4n) is 9.93. The van der Waals surface area contributed by atoms with Crippen LogP contribution in [0.15, 0.2) is 218 Å². The van der Waals surface area contributed by atoms with E-state index in [1.165, 1.54) is 32.6 Å². The molecule has 6 heteroatoms. The summed E-state index contributed by atoms with van der Waals surface area (Å²) in [4.78, 5) is 0. The highest BCUT2D eigenvalue weighted by Crippen LogP contribution is 2.43. The average Bonchev–Trinajstić information content (AvgIpc) is 4.11. The highest BCUT2D eigenvalue weighted by molar-refractivity contribution is 6.26. The molecule has 0 radical (unpaired) electrons. The third-order valence-electron chi connectivity index (χ3n) is 12.5. The van der Waals surface area contributed by atoms with Crippen molar-refractivity contribution >= 4 is 65.4 Å². The Balaban J connectivity index is 1.07. The number of hydrogen-bond donors (Lipinski definition) is 0. The van der Waals surface area contributed by atoms with Crippen molar-refractivity contribution in [3.05, 3.63) is 218 Å². The number of nitrogens with zero attached hydrogens (tertiary/aromatic N) is 6. The van der Waals surface area contributed by atoms with E-state index < -0.39 is 0 Å². The second-order valence-corrected chi connectivity index (χ2v) is 15.9. The van der Waals surface area contributed by atoms with Crippen LogP contribution in [0, 0.1) is 0 Å². The summed E-state index contributed by atoms with van der Waals surface area (Å²) in [6, 6.07) is 78.0. The first-order valence-corrected chi connectivity index (χ1v) is 21.0. The third kappa shape index (κ3) is 4.98. The third-order valence-corrected chi connectivity index (χ3v) is 12.5. The molecule has 0 aliphatic rings. The Kier molecular flexibility index (Phi) is 7.50. The molecule has 0 saturated carbocycles. The first kappa shape index (κ1) is 34.4. The van der Waals surface area contributed by atoms with Crippen LogP contribution in [0.4, 0.5) is 0 Å². The van der Waals surface area contributed by atoms with E-state index in [0.29, 0.717) is 0 Å². The Labute approximate surface area is 356 Å². The zero-order valence-corrected chi connectivity index (χ0v) is 33.5. The highest BCUT2D eigenvalue weighted by atomic mass is 15.3. The van der Waals surface area contributed by atoms with Gasteiger partial charge in [0, 0.05) is 60.5 Å². The van der Waals surface area contributed by atoms with Gasteiger partial charge in [0.15, 0.2) is 11.6 Å². The molecule has 290 valence electrons. The van der Waals surface area contributed by atoms with Gasteiger partial charge in [0.2, 0.25) is 0 Å². The van der Waals surface area contributed by atoms with E-state index in [-0.39, 0.29) is 0 Å². The standard InChI is InChI=1S/C56H36N6/c1-4-18-37(19-5-1)55-57-58-56(38-20-6-2-7-21-38)62(55)50-33-17-32-49-52(50)44-27-11-14-30-47(44)59(49)40-24-16-25-41(36-40)60-48-31-15-12-28-45(48)53-51(60)35-34-43-42-26-10-13-29-46(42)61(54(43)53)39-22-8-3-9-23-39/h1-36H. The number of benzene rings is 9. The summed E-state index contributed by atoms with van der Waals surface area (Å²) >= 11 is 0. The summed E-state index contributed by atoms with van der Waals surface area (Å²) in [5, 5.41) is 16.9. The van der Waals surface area contributed by atoms with Crippen LogP contribution < -0.4 is 0 Å². The molecule has 0 fully saturated rings. The van der Waals surface area contributed by atoms with Crippen LogP contribution in [-0.2, 0) is 0 Å². The summed E-state index contributed by atoms with van der Waals surface area (Å²) in [7, 11) is 0.